The summed E-state index contributed by atoms with van der Waals surface area (Å²) in [5.41, 5.74) is 2.97. The minimum atomic E-state index is -0.411. The molecule has 0 aliphatic carbocycles. The van der Waals surface area contributed by atoms with Gasteiger partial charge >= 0.3 is 0 Å². The Bertz CT molecular complexity index is 1140. The Morgan fingerprint density at radius 1 is 1.04 bits per heavy atom. The highest BCUT2D eigenvalue weighted by Gasteiger charge is 2.17. The van der Waals surface area contributed by atoms with Crippen LogP contribution in [0.1, 0.15) is 26.3 Å². The molecule has 2 aromatic carbocycles. The number of nitrogens with zero attached hydrogens (tertiary/aromatic N) is 5. The SMILES string of the molecule is CC(C)(C)c1ccc(-c2nnc3sc(-c4cccc([N+](=O)[O-])c4)nn23)cc1. The van der Waals surface area contributed by atoms with Crippen LogP contribution in [0.3, 0.4) is 0 Å². The lowest BCUT2D eigenvalue weighted by Crippen LogP contribution is -2.10. The fourth-order valence-corrected chi connectivity index (χ4v) is 3.62. The maximum absolute atomic E-state index is 11.0. The van der Waals surface area contributed by atoms with Gasteiger partial charge in [-0.15, -0.1) is 10.2 Å². The first kappa shape index (κ1) is 17.3. The van der Waals surface area contributed by atoms with E-state index in [9.17, 15) is 10.1 Å². The van der Waals surface area contributed by atoms with Crippen molar-refractivity contribution in [3.05, 3.63) is 64.2 Å². The number of fused-ring (bicyclic) bond motifs is 1. The molecule has 0 saturated heterocycles. The van der Waals surface area contributed by atoms with Crippen LogP contribution in [0, 0.1) is 10.1 Å². The van der Waals surface area contributed by atoms with Gasteiger partial charge in [-0.25, -0.2) is 0 Å². The van der Waals surface area contributed by atoms with Crippen molar-refractivity contribution in [2.75, 3.05) is 0 Å². The van der Waals surface area contributed by atoms with E-state index in [0.29, 0.717) is 21.4 Å². The fraction of sp³-hybridized carbons (Fsp3) is 0.211. The number of rotatable bonds is 3. The molecule has 2 heterocycles. The molecule has 27 heavy (non-hydrogen) atoms. The lowest BCUT2D eigenvalue weighted by molar-refractivity contribution is -0.384. The predicted octanol–water partition coefficient (Wildman–Crippen LogP) is 4.73. The van der Waals surface area contributed by atoms with E-state index in [1.54, 1.807) is 16.6 Å². The summed E-state index contributed by atoms with van der Waals surface area (Å²) < 4.78 is 1.69. The second kappa shape index (κ2) is 6.24. The Morgan fingerprint density at radius 2 is 1.78 bits per heavy atom. The zero-order valence-corrected chi connectivity index (χ0v) is 15.9. The Hall–Kier alpha value is -3.13. The molecule has 7 nitrogen and oxygen atoms in total. The normalized spacial score (nSPS) is 11.8. The monoisotopic (exact) mass is 379 g/mol. The summed E-state index contributed by atoms with van der Waals surface area (Å²) in [6.45, 7) is 6.51. The Labute approximate surface area is 159 Å². The number of hydrogen-bond acceptors (Lipinski definition) is 6. The summed E-state index contributed by atoms with van der Waals surface area (Å²) in [6.07, 6.45) is 0. The van der Waals surface area contributed by atoms with E-state index in [-0.39, 0.29) is 11.1 Å². The van der Waals surface area contributed by atoms with E-state index in [4.69, 9.17) is 0 Å². The molecule has 0 unspecified atom stereocenters. The molecule has 0 radical (unpaired) electrons. The summed E-state index contributed by atoms with van der Waals surface area (Å²) in [4.78, 5) is 11.2. The molecule has 0 bridgehead atoms. The highest BCUT2D eigenvalue weighted by Crippen LogP contribution is 2.30. The van der Waals surface area contributed by atoms with Crippen LogP contribution in [-0.2, 0) is 5.41 Å². The number of benzene rings is 2. The van der Waals surface area contributed by atoms with Gasteiger partial charge in [-0.3, -0.25) is 10.1 Å². The fourth-order valence-electron chi connectivity index (χ4n) is 2.79. The van der Waals surface area contributed by atoms with Crippen LogP contribution in [-0.4, -0.2) is 24.7 Å². The van der Waals surface area contributed by atoms with Crippen molar-refractivity contribution in [1.82, 2.24) is 19.8 Å². The standard InChI is InChI=1S/C19H17N5O2S/c1-19(2,3)14-9-7-12(8-10-14)16-20-21-18-23(16)22-17(27-18)13-5-4-6-15(11-13)24(25)26/h4-11H,1-3H3. The zero-order valence-electron chi connectivity index (χ0n) is 15.1. The predicted molar refractivity (Wildman–Crippen MR) is 105 cm³/mol. The number of aromatic nitrogens is 4. The maximum Gasteiger partial charge on any atom is 0.270 e. The van der Waals surface area contributed by atoms with Crippen LogP contribution in [0.25, 0.3) is 26.9 Å². The molecular formula is C19H17N5O2S. The van der Waals surface area contributed by atoms with Crippen LogP contribution in [0.15, 0.2) is 48.5 Å². The smallest absolute Gasteiger partial charge is 0.258 e. The first-order valence-corrected chi connectivity index (χ1v) is 9.22. The van der Waals surface area contributed by atoms with Gasteiger partial charge in [-0.05, 0) is 11.0 Å². The Morgan fingerprint density at radius 3 is 2.44 bits per heavy atom. The molecule has 0 fully saturated rings. The van der Waals surface area contributed by atoms with Gasteiger partial charge in [-0.2, -0.15) is 9.61 Å². The molecule has 0 aliphatic rings. The minimum absolute atomic E-state index is 0.0384. The molecule has 2 aromatic heterocycles. The molecule has 0 atom stereocenters. The van der Waals surface area contributed by atoms with Crippen molar-refractivity contribution < 1.29 is 4.92 Å². The zero-order chi connectivity index (χ0) is 19.2. The van der Waals surface area contributed by atoms with E-state index in [0.717, 1.165) is 5.56 Å². The molecule has 136 valence electrons. The summed E-state index contributed by atoms with van der Waals surface area (Å²) in [5.74, 6) is 0.651. The lowest BCUT2D eigenvalue weighted by Gasteiger charge is -2.18. The van der Waals surface area contributed by atoms with Crippen LogP contribution >= 0.6 is 11.3 Å². The van der Waals surface area contributed by atoms with Gasteiger partial charge in [0.05, 0.1) is 4.92 Å². The van der Waals surface area contributed by atoms with Crippen molar-refractivity contribution >= 4 is 22.0 Å². The van der Waals surface area contributed by atoms with Crippen molar-refractivity contribution in [2.45, 2.75) is 26.2 Å². The average molecular weight is 379 g/mol. The molecule has 0 saturated carbocycles. The third kappa shape index (κ3) is 3.19. The second-order valence-corrected chi connectivity index (χ2v) is 8.22. The van der Waals surface area contributed by atoms with Gasteiger partial charge in [0.1, 0.15) is 5.01 Å². The van der Waals surface area contributed by atoms with Gasteiger partial charge in [0, 0.05) is 23.3 Å². The van der Waals surface area contributed by atoms with Gasteiger partial charge in [0.25, 0.3) is 5.69 Å². The third-order valence-electron chi connectivity index (χ3n) is 4.30. The molecule has 0 spiro atoms. The summed E-state index contributed by atoms with van der Waals surface area (Å²) in [6, 6.07) is 14.6. The van der Waals surface area contributed by atoms with Gasteiger partial charge in [0.15, 0.2) is 5.82 Å². The van der Waals surface area contributed by atoms with Gasteiger partial charge in [0.2, 0.25) is 4.96 Å². The largest absolute Gasteiger partial charge is 0.270 e. The van der Waals surface area contributed by atoms with Crippen LogP contribution in [0.4, 0.5) is 5.69 Å². The number of non-ortho nitro benzene ring substituents is 1. The molecule has 0 amide bonds. The average Bonchev–Trinajstić information content (AvgIpc) is 3.22. The first-order valence-electron chi connectivity index (χ1n) is 8.41. The number of nitro benzene ring substituents is 1. The van der Waals surface area contributed by atoms with Crippen LogP contribution in [0.2, 0.25) is 0 Å². The quantitative estimate of drug-likeness (QED) is 0.379. The van der Waals surface area contributed by atoms with E-state index < -0.39 is 4.92 Å². The maximum atomic E-state index is 11.0. The molecule has 4 aromatic rings. The van der Waals surface area contributed by atoms with Crippen molar-refractivity contribution in [3.63, 3.8) is 0 Å². The highest BCUT2D eigenvalue weighted by molar-refractivity contribution is 7.19. The second-order valence-electron chi connectivity index (χ2n) is 7.26. The minimum Gasteiger partial charge on any atom is -0.258 e. The van der Waals surface area contributed by atoms with E-state index in [2.05, 4.69) is 48.2 Å². The highest BCUT2D eigenvalue weighted by atomic mass is 32.1. The summed E-state index contributed by atoms with van der Waals surface area (Å²) in [7, 11) is 0. The molecular weight excluding hydrogens is 362 g/mol. The number of hydrogen-bond donors (Lipinski definition) is 0. The molecule has 8 heteroatoms. The van der Waals surface area contributed by atoms with Crippen LogP contribution < -0.4 is 0 Å². The lowest BCUT2D eigenvalue weighted by atomic mass is 9.87. The summed E-state index contributed by atoms with van der Waals surface area (Å²) in [5, 5.41) is 24.7. The summed E-state index contributed by atoms with van der Waals surface area (Å²) >= 11 is 1.35. The van der Waals surface area contributed by atoms with E-state index in [1.165, 1.54) is 29.0 Å². The van der Waals surface area contributed by atoms with Crippen molar-refractivity contribution in [2.24, 2.45) is 0 Å². The molecule has 0 N–H and O–H groups in total. The Kier molecular flexibility index (Phi) is 4.00. The number of nitro groups is 1. The van der Waals surface area contributed by atoms with Crippen molar-refractivity contribution in [3.8, 4) is 22.0 Å². The third-order valence-corrected chi connectivity index (χ3v) is 5.25. The van der Waals surface area contributed by atoms with Gasteiger partial charge in [-0.1, -0.05) is 68.5 Å². The topological polar surface area (TPSA) is 86.2 Å². The van der Waals surface area contributed by atoms with Crippen LogP contribution in [0.5, 0.6) is 0 Å². The first-order chi connectivity index (χ1) is 12.8. The van der Waals surface area contributed by atoms with Crippen molar-refractivity contribution in [1.29, 1.82) is 0 Å². The van der Waals surface area contributed by atoms with Gasteiger partial charge < -0.3 is 0 Å². The molecule has 4 rings (SSSR count). The van der Waals surface area contributed by atoms with E-state index >= 15 is 0 Å². The Balaban J connectivity index is 1.75. The molecule has 0 aliphatic heterocycles. The van der Waals surface area contributed by atoms with E-state index in [1.807, 2.05) is 12.1 Å².